The van der Waals surface area contributed by atoms with Crippen molar-refractivity contribution >= 4 is 23.1 Å². The van der Waals surface area contributed by atoms with Gasteiger partial charge >= 0.3 is 0 Å². The van der Waals surface area contributed by atoms with Crippen LogP contribution in [-0.2, 0) is 17.8 Å². The van der Waals surface area contributed by atoms with Crippen LogP contribution in [-0.4, -0.2) is 22.8 Å². The zero-order valence-electron chi connectivity index (χ0n) is 12.7. The summed E-state index contributed by atoms with van der Waals surface area (Å²) >= 11 is 1.67. The van der Waals surface area contributed by atoms with Gasteiger partial charge in [-0.2, -0.15) is 5.10 Å². The van der Waals surface area contributed by atoms with E-state index >= 15 is 0 Å². The third-order valence-electron chi connectivity index (χ3n) is 3.39. The van der Waals surface area contributed by atoms with Crippen LogP contribution in [0.5, 0.6) is 5.75 Å². The summed E-state index contributed by atoms with van der Waals surface area (Å²) in [6.45, 7) is 0.656. The number of methoxy groups -OCH3 is 1. The number of aromatic nitrogens is 2. The maximum atomic E-state index is 12.2. The fourth-order valence-electron chi connectivity index (χ4n) is 2.23. The first kappa shape index (κ1) is 15.3. The van der Waals surface area contributed by atoms with Gasteiger partial charge in [-0.05, 0) is 29.1 Å². The van der Waals surface area contributed by atoms with E-state index in [1.54, 1.807) is 35.4 Å². The van der Waals surface area contributed by atoms with Crippen LogP contribution in [0.4, 0.5) is 5.82 Å². The molecule has 0 aliphatic heterocycles. The van der Waals surface area contributed by atoms with Gasteiger partial charge in [0.25, 0.3) is 0 Å². The molecule has 3 rings (SSSR count). The van der Waals surface area contributed by atoms with E-state index in [0.717, 1.165) is 11.3 Å². The number of benzene rings is 1. The molecule has 0 radical (unpaired) electrons. The standard InChI is InChI=1S/C17H17N3O2S/c1-22-14-6-4-13(5-7-14)11-17(21)19-16-8-9-18-20(16)12-15-3-2-10-23-15/h2-10H,11-12H2,1H3,(H,19,21). The Balaban J connectivity index is 1.62. The molecule has 0 saturated carbocycles. The zero-order chi connectivity index (χ0) is 16.1. The van der Waals surface area contributed by atoms with Gasteiger partial charge in [0.05, 0.1) is 26.3 Å². The molecule has 0 aliphatic carbocycles. The summed E-state index contributed by atoms with van der Waals surface area (Å²) in [6.07, 6.45) is 2.00. The highest BCUT2D eigenvalue weighted by atomic mass is 32.1. The third-order valence-corrected chi connectivity index (χ3v) is 4.25. The number of anilines is 1. The Bertz CT molecular complexity index is 764. The SMILES string of the molecule is COc1ccc(CC(=O)Nc2ccnn2Cc2cccs2)cc1. The van der Waals surface area contributed by atoms with Crippen molar-refractivity contribution in [3.63, 3.8) is 0 Å². The predicted molar refractivity (Wildman–Crippen MR) is 91.0 cm³/mol. The lowest BCUT2D eigenvalue weighted by molar-refractivity contribution is -0.115. The van der Waals surface area contributed by atoms with Crippen LogP contribution in [0, 0.1) is 0 Å². The van der Waals surface area contributed by atoms with Crippen LogP contribution < -0.4 is 10.1 Å². The fourth-order valence-corrected chi connectivity index (χ4v) is 2.92. The number of carbonyl (C=O) groups excluding carboxylic acids is 1. The summed E-state index contributed by atoms with van der Waals surface area (Å²) in [4.78, 5) is 13.4. The minimum absolute atomic E-state index is 0.0666. The van der Waals surface area contributed by atoms with Crippen molar-refractivity contribution in [2.75, 3.05) is 12.4 Å². The molecule has 0 unspecified atom stereocenters. The molecule has 23 heavy (non-hydrogen) atoms. The summed E-state index contributed by atoms with van der Waals surface area (Å²) in [5.74, 6) is 1.42. The molecule has 2 heterocycles. The Morgan fingerprint density at radius 2 is 2.09 bits per heavy atom. The molecule has 118 valence electrons. The molecule has 0 fully saturated rings. The van der Waals surface area contributed by atoms with Crippen LogP contribution in [0.3, 0.4) is 0 Å². The number of rotatable bonds is 6. The highest BCUT2D eigenvalue weighted by molar-refractivity contribution is 7.09. The number of ether oxygens (including phenoxy) is 1. The van der Waals surface area contributed by atoms with Crippen molar-refractivity contribution in [1.29, 1.82) is 0 Å². The van der Waals surface area contributed by atoms with Crippen LogP contribution in [0.25, 0.3) is 0 Å². The first-order chi connectivity index (χ1) is 11.2. The minimum Gasteiger partial charge on any atom is -0.497 e. The van der Waals surface area contributed by atoms with Gasteiger partial charge in [0.2, 0.25) is 5.91 Å². The number of nitrogens with one attached hydrogen (secondary N) is 1. The second-order valence-electron chi connectivity index (χ2n) is 5.03. The highest BCUT2D eigenvalue weighted by Crippen LogP contribution is 2.15. The van der Waals surface area contributed by atoms with Gasteiger partial charge in [-0.25, -0.2) is 4.68 Å². The van der Waals surface area contributed by atoms with Crippen molar-refractivity contribution in [2.45, 2.75) is 13.0 Å². The van der Waals surface area contributed by atoms with Gasteiger partial charge in [-0.1, -0.05) is 18.2 Å². The number of hydrogen-bond acceptors (Lipinski definition) is 4. The molecule has 0 aliphatic rings. The van der Waals surface area contributed by atoms with E-state index in [2.05, 4.69) is 16.5 Å². The summed E-state index contributed by atoms with van der Waals surface area (Å²) < 4.78 is 6.90. The fraction of sp³-hybridized carbons (Fsp3) is 0.176. The van der Waals surface area contributed by atoms with Gasteiger partial charge in [0.15, 0.2) is 0 Å². The molecule has 1 N–H and O–H groups in total. The lowest BCUT2D eigenvalue weighted by atomic mass is 10.1. The first-order valence-corrected chi connectivity index (χ1v) is 8.09. The Morgan fingerprint density at radius 3 is 2.78 bits per heavy atom. The Morgan fingerprint density at radius 1 is 1.26 bits per heavy atom. The molecule has 0 spiro atoms. The second kappa shape index (κ2) is 7.11. The molecule has 1 amide bonds. The molecule has 3 aromatic rings. The number of carbonyl (C=O) groups is 1. The topological polar surface area (TPSA) is 56.1 Å². The number of hydrogen-bond donors (Lipinski definition) is 1. The summed E-state index contributed by atoms with van der Waals surface area (Å²) in [7, 11) is 1.62. The van der Waals surface area contributed by atoms with Gasteiger partial charge in [-0.15, -0.1) is 11.3 Å². The van der Waals surface area contributed by atoms with Gasteiger partial charge in [0, 0.05) is 10.9 Å². The van der Waals surface area contributed by atoms with Crippen molar-refractivity contribution in [3.8, 4) is 5.75 Å². The molecule has 6 heteroatoms. The van der Waals surface area contributed by atoms with E-state index < -0.39 is 0 Å². The minimum atomic E-state index is -0.0666. The average Bonchev–Trinajstić information content (AvgIpc) is 3.21. The Labute approximate surface area is 138 Å². The van der Waals surface area contributed by atoms with Crippen molar-refractivity contribution in [3.05, 3.63) is 64.5 Å². The molecule has 0 saturated heterocycles. The number of amides is 1. The molecule has 0 bridgehead atoms. The number of thiophene rings is 1. The predicted octanol–water partition coefficient (Wildman–Crippen LogP) is 3.18. The zero-order valence-corrected chi connectivity index (χ0v) is 13.5. The summed E-state index contributed by atoms with van der Waals surface area (Å²) in [6, 6.07) is 13.3. The third kappa shape index (κ3) is 3.98. The quantitative estimate of drug-likeness (QED) is 0.756. The average molecular weight is 327 g/mol. The van der Waals surface area contributed by atoms with Crippen LogP contribution >= 0.6 is 11.3 Å². The second-order valence-corrected chi connectivity index (χ2v) is 6.06. The van der Waals surface area contributed by atoms with Crippen LogP contribution in [0.1, 0.15) is 10.4 Å². The van der Waals surface area contributed by atoms with Gasteiger partial charge in [0.1, 0.15) is 11.6 Å². The number of nitrogens with zero attached hydrogens (tertiary/aromatic N) is 2. The molecule has 1 aromatic carbocycles. The van der Waals surface area contributed by atoms with Crippen molar-refractivity contribution in [2.24, 2.45) is 0 Å². The van der Waals surface area contributed by atoms with E-state index in [1.807, 2.05) is 35.7 Å². The van der Waals surface area contributed by atoms with E-state index in [4.69, 9.17) is 4.74 Å². The van der Waals surface area contributed by atoms with Gasteiger partial charge < -0.3 is 10.1 Å². The first-order valence-electron chi connectivity index (χ1n) is 7.21. The maximum Gasteiger partial charge on any atom is 0.229 e. The monoisotopic (exact) mass is 327 g/mol. The molecular weight excluding hydrogens is 310 g/mol. The largest absolute Gasteiger partial charge is 0.497 e. The van der Waals surface area contributed by atoms with Gasteiger partial charge in [-0.3, -0.25) is 4.79 Å². The Kier molecular flexibility index (Phi) is 4.73. The van der Waals surface area contributed by atoms with E-state index in [0.29, 0.717) is 18.8 Å². The van der Waals surface area contributed by atoms with E-state index in [1.165, 1.54) is 4.88 Å². The van der Waals surface area contributed by atoms with E-state index in [-0.39, 0.29) is 5.91 Å². The summed E-state index contributed by atoms with van der Waals surface area (Å²) in [5, 5.41) is 9.21. The van der Waals surface area contributed by atoms with Crippen LogP contribution in [0.15, 0.2) is 54.0 Å². The lowest BCUT2D eigenvalue weighted by Gasteiger charge is -2.08. The van der Waals surface area contributed by atoms with Crippen molar-refractivity contribution < 1.29 is 9.53 Å². The normalized spacial score (nSPS) is 10.5. The van der Waals surface area contributed by atoms with Crippen LogP contribution in [0.2, 0.25) is 0 Å². The molecular formula is C17H17N3O2S. The Hall–Kier alpha value is -2.60. The molecule has 5 nitrogen and oxygen atoms in total. The van der Waals surface area contributed by atoms with Crippen molar-refractivity contribution in [1.82, 2.24) is 9.78 Å². The smallest absolute Gasteiger partial charge is 0.229 e. The highest BCUT2D eigenvalue weighted by Gasteiger charge is 2.09. The molecule has 2 aromatic heterocycles. The molecule has 0 atom stereocenters. The lowest BCUT2D eigenvalue weighted by Crippen LogP contribution is -2.17. The maximum absolute atomic E-state index is 12.2. The van der Waals surface area contributed by atoms with E-state index in [9.17, 15) is 4.79 Å². The summed E-state index contributed by atoms with van der Waals surface area (Å²) in [5.41, 5.74) is 0.938.